The minimum absolute atomic E-state index is 0.0110. The van der Waals surface area contributed by atoms with Crippen molar-refractivity contribution in [3.63, 3.8) is 0 Å². The first-order chi connectivity index (χ1) is 7.16. The summed E-state index contributed by atoms with van der Waals surface area (Å²) in [6.07, 6.45) is 4.85. The van der Waals surface area contributed by atoms with Gasteiger partial charge in [-0.2, -0.15) is 0 Å². The second-order valence-electron chi connectivity index (χ2n) is 5.81. The van der Waals surface area contributed by atoms with Crippen LogP contribution in [-0.2, 0) is 0 Å². The number of likely N-dealkylation sites (tertiary alicyclic amines) is 1. The van der Waals surface area contributed by atoms with Crippen LogP contribution in [0.25, 0.3) is 0 Å². The number of rotatable bonds is 3. The van der Waals surface area contributed by atoms with E-state index in [0.29, 0.717) is 5.92 Å². The van der Waals surface area contributed by atoms with E-state index in [0.717, 1.165) is 24.8 Å². The summed E-state index contributed by atoms with van der Waals surface area (Å²) in [6, 6.07) is 0. The van der Waals surface area contributed by atoms with Crippen molar-refractivity contribution in [1.82, 2.24) is 4.90 Å². The number of nitrogens with zero attached hydrogens (tertiary/aromatic N) is 1. The second-order valence-corrected chi connectivity index (χ2v) is 5.81. The lowest BCUT2D eigenvalue weighted by Gasteiger charge is -2.23. The monoisotopic (exact) mass is 211 g/mol. The van der Waals surface area contributed by atoms with Gasteiger partial charge in [0.05, 0.1) is 6.10 Å². The average molecular weight is 211 g/mol. The van der Waals surface area contributed by atoms with E-state index in [1.54, 1.807) is 0 Å². The van der Waals surface area contributed by atoms with Gasteiger partial charge < -0.3 is 10.0 Å². The Morgan fingerprint density at radius 2 is 2.07 bits per heavy atom. The Hall–Kier alpha value is -0.0800. The van der Waals surface area contributed by atoms with E-state index >= 15 is 0 Å². The minimum Gasteiger partial charge on any atom is -0.393 e. The van der Waals surface area contributed by atoms with E-state index in [1.165, 1.54) is 32.4 Å². The van der Waals surface area contributed by atoms with Crippen molar-refractivity contribution >= 4 is 0 Å². The molecule has 1 N–H and O–H groups in total. The van der Waals surface area contributed by atoms with E-state index in [9.17, 15) is 5.11 Å². The number of aliphatic hydroxyl groups excluding tert-OH is 1. The Kier molecular flexibility index (Phi) is 3.68. The Bertz CT molecular complexity index is 205. The van der Waals surface area contributed by atoms with Crippen molar-refractivity contribution < 1.29 is 5.11 Å². The van der Waals surface area contributed by atoms with Gasteiger partial charge in [0, 0.05) is 13.1 Å². The first kappa shape index (κ1) is 11.4. The minimum atomic E-state index is -0.0110. The Balaban J connectivity index is 1.77. The summed E-state index contributed by atoms with van der Waals surface area (Å²) in [4.78, 5) is 2.57. The molecule has 1 saturated heterocycles. The van der Waals surface area contributed by atoms with Crippen LogP contribution in [0, 0.1) is 17.8 Å². The molecular weight excluding hydrogens is 186 g/mol. The van der Waals surface area contributed by atoms with E-state index in [-0.39, 0.29) is 6.10 Å². The van der Waals surface area contributed by atoms with Crippen molar-refractivity contribution in [2.24, 2.45) is 17.8 Å². The van der Waals surface area contributed by atoms with Gasteiger partial charge >= 0.3 is 0 Å². The summed E-state index contributed by atoms with van der Waals surface area (Å²) < 4.78 is 0. The summed E-state index contributed by atoms with van der Waals surface area (Å²) in [6.45, 7) is 8.33. The normalized spacial score (nSPS) is 38.0. The van der Waals surface area contributed by atoms with Crippen molar-refractivity contribution in [1.29, 1.82) is 0 Å². The van der Waals surface area contributed by atoms with Gasteiger partial charge in [0.2, 0.25) is 0 Å². The quantitative estimate of drug-likeness (QED) is 0.773. The standard InChI is InChI=1S/C13H25NO/c1-10(2)11-6-7-14(8-11)9-12-4-3-5-13(12)15/h10-13,15H,3-9H2,1-2H3. The summed E-state index contributed by atoms with van der Waals surface area (Å²) in [5, 5.41) is 9.80. The van der Waals surface area contributed by atoms with Gasteiger partial charge in [-0.25, -0.2) is 0 Å². The predicted molar refractivity (Wildman–Crippen MR) is 62.7 cm³/mol. The fourth-order valence-electron chi connectivity index (χ4n) is 3.13. The smallest absolute Gasteiger partial charge is 0.0580 e. The Morgan fingerprint density at radius 3 is 2.60 bits per heavy atom. The number of hydrogen-bond acceptors (Lipinski definition) is 2. The molecule has 0 radical (unpaired) electrons. The molecule has 2 heteroatoms. The molecule has 2 rings (SSSR count). The molecule has 1 aliphatic heterocycles. The van der Waals surface area contributed by atoms with Gasteiger partial charge in [-0.15, -0.1) is 0 Å². The maximum atomic E-state index is 9.80. The number of hydrogen-bond donors (Lipinski definition) is 1. The summed E-state index contributed by atoms with van der Waals surface area (Å²) in [7, 11) is 0. The summed E-state index contributed by atoms with van der Waals surface area (Å²) in [5.74, 6) is 2.28. The third-order valence-electron chi connectivity index (χ3n) is 4.36. The summed E-state index contributed by atoms with van der Waals surface area (Å²) >= 11 is 0. The Labute approximate surface area is 93.7 Å². The highest BCUT2D eigenvalue weighted by atomic mass is 16.3. The van der Waals surface area contributed by atoms with Crippen molar-refractivity contribution in [2.45, 2.75) is 45.6 Å². The van der Waals surface area contributed by atoms with Crippen molar-refractivity contribution in [2.75, 3.05) is 19.6 Å². The molecule has 3 unspecified atom stereocenters. The van der Waals surface area contributed by atoms with Crippen LogP contribution in [0.2, 0.25) is 0 Å². The molecular formula is C13H25NO. The first-order valence-corrected chi connectivity index (χ1v) is 6.57. The second kappa shape index (κ2) is 4.84. The van der Waals surface area contributed by atoms with Crippen molar-refractivity contribution in [3.8, 4) is 0 Å². The lowest BCUT2D eigenvalue weighted by atomic mass is 9.95. The van der Waals surface area contributed by atoms with E-state index in [2.05, 4.69) is 18.7 Å². The highest BCUT2D eigenvalue weighted by Gasteiger charge is 2.31. The van der Waals surface area contributed by atoms with Crippen LogP contribution in [0.4, 0.5) is 0 Å². The molecule has 0 aromatic carbocycles. The van der Waals surface area contributed by atoms with Gasteiger partial charge in [-0.1, -0.05) is 20.3 Å². The van der Waals surface area contributed by atoms with Crippen LogP contribution in [0.5, 0.6) is 0 Å². The molecule has 1 heterocycles. The van der Waals surface area contributed by atoms with Gasteiger partial charge in [-0.05, 0) is 43.6 Å². The zero-order chi connectivity index (χ0) is 10.8. The molecule has 15 heavy (non-hydrogen) atoms. The average Bonchev–Trinajstić information content (AvgIpc) is 2.77. The molecule has 3 atom stereocenters. The van der Waals surface area contributed by atoms with Crippen LogP contribution in [0.3, 0.4) is 0 Å². The topological polar surface area (TPSA) is 23.5 Å². The van der Waals surface area contributed by atoms with Crippen LogP contribution in [0.15, 0.2) is 0 Å². The van der Waals surface area contributed by atoms with E-state index < -0.39 is 0 Å². The first-order valence-electron chi connectivity index (χ1n) is 6.57. The highest BCUT2D eigenvalue weighted by Crippen LogP contribution is 2.29. The molecule has 1 aliphatic carbocycles. The summed E-state index contributed by atoms with van der Waals surface area (Å²) in [5.41, 5.74) is 0. The predicted octanol–water partition coefficient (Wildman–Crippen LogP) is 2.13. The zero-order valence-electron chi connectivity index (χ0n) is 10.2. The van der Waals surface area contributed by atoms with E-state index in [4.69, 9.17) is 0 Å². The largest absolute Gasteiger partial charge is 0.393 e. The van der Waals surface area contributed by atoms with Crippen LogP contribution in [0.1, 0.15) is 39.5 Å². The molecule has 2 aliphatic rings. The molecule has 0 bridgehead atoms. The van der Waals surface area contributed by atoms with Crippen molar-refractivity contribution in [3.05, 3.63) is 0 Å². The lowest BCUT2D eigenvalue weighted by molar-refractivity contribution is 0.107. The fraction of sp³-hybridized carbons (Fsp3) is 1.00. The maximum absolute atomic E-state index is 9.80. The molecule has 2 nitrogen and oxygen atoms in total. The SMILES string of the molecule is CC(C)C1CCN(CC2CCCC2O)C1. The fourth-order valence-corrected chi connectivity index (χ4v) is 3.13. The van der Waals surface area contributed by atoms with Crippen LogP contribution in [-0.4, -0.2) is 35.7 Å². The van der Waals surface area contributed by atoms with Gasteiger partial charge in [0.1, 0.15) is 0 Å². The Morgan fingerprint density at radius 1 is 1.27 bits per heavy atom. The molecule has 1 saturated carbocycles. The molecule has 0 spiro atoms. The molecule has 0 aromatic heterocycles. The van der Waals surface area contributed by atoms with E-state index in [1.807, 2.05) is 0 Å². The lowest BCUT2D eigenvalue weighted by Crippen LogP contribution is -2.31. The zero-order valence-corrected chi connectivity index (χ0v) is 10.2. The van der Waals surface area contributed by atoms with Gasteiger partial charge in [0.25, 0.3) is 0 Å². The van der Waals surface area contributed by atoms with Gasteiger partial charge in [0.15, 0.2) is 0 Å². The third kappa shape index (κ3) is 2.73. The highest BCUT2D eigenvalue weighted by molar-refractivity contribution is 4.84. The van der Waals surface area contributed by atoms with Crippen LogP contribution < -0.4 is 0 Å². The molecule has 0 aromatic rings. The van der Waals surface area contributed by atoms with Gasteiger partial charge in [-0.3, -0.25) is 0 Å². The molecule has 0 amide bonds. The van der Waals surface area contributed by atoms with Crippen LogP contribution >= 0.6 is 0 Å². The third-order valence-corrected chi connectivity index (χ3v) is 4.36. The maximum Gasteiger partial charge on any atom is 0.0580 e. The molecule has 88 valence electrons. The molecule has 2 fully saturated rings. The number of aliphatic hydroxyl groups is 1.